The molecule has 17 heavy (non-hydrogen) atoms. The SMILES string of the molecule is CC(C)N(CCC#N)C(=O)c1ncccc1O. The largest absolute Gasteiger partial charge is 0.505 e. The first kappa shape index (κ1) is 13.0. The minimum absolute atomic E-state index is 0.0270. The van der Waals surface area contributed by atoms with Crippen molar-refractivity contribution in [2.45, 2.75) is 26.3 Å². The van der Waals surface area contributed by atoms with Crippen molar-refractivity contribution < 1.29 is 9.90 Å². The second-order valence-corrected chi connectivity index (χ2v) is 3.87. The molecule has 0 saturated carbocycles. The molecule has 5 heteroatoms. The van der Waals surface area contributed by atoms with Crippen LogP contribution in [0.2, 0.25) is 0 Å². The quantitative estimate of drug-likeness (QED) is 0.855. The highest BCUT2D eigenvalue weighted by molar-refractivity contribution is 5.94. The minimum atomic E-state index is -0.353. The molecule has 1 heterocycles. The third kappa shape index (κ3) is 3.18. The number of pyridine rings is 1. The summed E-state index contributed by atoms with van der Waals surface area (Å²) in [5.41, 5.74) is 0.0270. The zero-order chi connectivity index (χ0) is 12.8. The molecule has 1 aromatic heterocycles. The maximum Gasteiger partial charge on any atom is 0.276 e. The second kappa shape index (κ2) is 5.85. The van der Waals surface area contributed by atoms with E-state index in [1.54, 1.807) is 6.07 Å². The molecular weight excluding hydrogens is 218 g/mol. The normalized spacial score (nSPS) is 10.0. The number of aromatic nitrogens is 1. The molecule has 1 N–H and O–H groups in total. The lowest BCUT2D eigenvalue weighted by atomic mass is 10.2. The van der Waals surface area contributed by atoms with Gasteiger partial charge >= 0.3 is 0 Å². The number of nitriles is 1. The summed E-state index contributed by atoms with van der Waals surface area (Å²) in [6.45, 7) is 4.05. The molecule has 0 aliphatic heterocycles. The molecule has 1 rings (SSSR count). The first-order valence-corrected chi connectivity index (χ1v) is 5.39. The van der Waals surface area contributed by atoms with Crippen LogP contribution >= 0.6 is 0 Å². The third-order valence-corrected chi connectivity index (χ3v) is 2.34. The molecule has 0 aliphatic rings. The van der Waals surface area contributed by atoms with Crippen LogP contribution in [-0.2, 0) is 0 Å². The summed E-state index contributed by atoms with van der Waals surface area (Å²) in [6, 6.07) is 4.93. The van der Waals surface area contributed by atoms with Gasteiger partial charge in [0.2, 0.25) is 0 Å². The van der Waals surface area contributed by atoms with E-state index in [9.17, 15) is 9.90 Å². The first-order chi connectivity index (χ1) is 8.07. The highest BCUT2D eigenvalue weighted by Gasteiger charge is 2.21. The molecule has 5 nitrogen and oxygen atoms in total. The second-order valence-electron chi connectivity index (χ2n) is 3.87. The summed E-state index contributed by atoms with van der Waals surface area (Å²) in [5.74, 6) is -0.492. The number of amides is 1. The van der Waals surface area contributed by atoms with E-state index in [0.717, 1.165) is 0 Å². The summed E-state index contributed by atoms with van der Waals surface area (Å²) in [7, 11) is 0. The molecule has 0 saturated heterocycles. The first-order valence-electron chi connectivity index (χ1n) is 5.39. The predicted octanol–water partition coefficient (Wildman–Crippen LogP) is 1.55. The van der Waals surface area contributed by atoms with E-state index >= 15 is 0 Å². The summed E-state index contributed by atoms with van der Waals surface area (Å²) < 4.78 is 0. The molecule has 90 valence electrons. The van der Waals surface area contributed by atoms with Gasteiger partial charge in [-0.2, -0.15) is 5.26 Å². The lowest BCUT2D eigenvalue weighted by Gasteiger charge is -2.25. The molecule has 0 spiro atoms. The average molecular weight is 233 g/mol. The van der Waals surface area contributed by atoms with Crippen molar-refractivity contribution in [3.05, 3.63) is 24.0 Å². The van der Waals surface area contributed by atoms with Gasteiger partial charge in [0.05, 0.1) is 12.5 Å². The van der Waals surface area contributed by atoms with Gasteiger partial charge in [-0.05, 0) is 26.0 Å². The lowest BCUT2D eigenvalue weighted by Crippen LogP contribution is -2.38. The van der Waals surface area contributed by atoms with Crippen molar-refractivity contribution in [1.29, 1.82) is 5.26 Å². The van der Waals surface area contributed by atoms with Crippen LogP contribution in [0.25, 0.3) is 0 Å². The summed E-state index contributed by atoms with van der Waals surface area (Å²) in [6.07, 6.45) is 1.72. The van der Waals surface area contributed by atoms with Crippen molar-refractivity contribution in [2.75, 3.05) is 6.54 Å². The number of hydrogen-bond acceptors (Lipinski definition) is 4. The molecule has 1 amide bonds. The number of rotatable bonds is 4. The van der Waals surface area contributed by atoms with E-state index in [4.69, 9.17) is 5.26 Å². The van der Waals surface area contributed by atoms with Crippen LogP contribution in [0, 0.1) is 11.3 Å². The van der Waals surface area contributed by atoms with Crippen LogP contribution in [0.3, 0.4) is 0 Å². The van der Waals surface area contributed by atoms with Gasteiger partial charge in [0.25, 0.3) is 5.91 Å². The van der Waals surface area contributed by atoms with Crippen LogP contribution in [0.4, 0.5) is 0 Å². The lowest BCUT2D eigenvalue weighted by molar-refractivity contribution is 0.0701. The highest BCUT2D eigenvalue weighted by atomic mass is 16.3. The van der Waals surface area contributed by atoms with Crippen LogP contribution < -0.4 is 0 Å². The number of nitrogens with zero attached hydrogens (tertiary/aromatic N) is 3. The van der Waals surface area contributed by atoms with Gasteiger partial charge < -0.3 is 10.0 Å². The Balaban J connectivity index is 2.93. The fraction of sp³-hybridized carbons (Fsp3) is 0.417. The van der Waals surface area contributed by atoms with E-state index in [-0.39, 0.29) is 29.8 Å². The Bertz CT molecular complexity index is 438. The maximum atomic E-state index is 12.1. The molecule has 0 aromatic carbocycles. The molecule has 1 aromatic rings. The highest BCUT2D eigenvalue weighted by Crippen LogP contribution is 2.16. The fourth-order valence-corrected chi connectivity index (χ4v) is 1.46. The Morgan fingerprint density at radius 3 is 2.88 bits per heavy atom. The van der Waals surface area contributed by atoms with Crippen molar-refractivity contribution in [3.63, 3.8) is 0 Å². The maximum absolute atomic E-state index is 12.1. The molecule has 0 radical (unpaired) electrons. The summed E-state index contributed by atoms with van der Waals surface area (Å²) in [5, 5.41) is 18.1. The molecule has 0 aliphatic carbocycles. The fourth-order valence-electron chi connectivity index (χ4n) is 1.46. The topological polar surface area (TPSA) is 77.2 Å². The van der Waals surface area contributed by atoms with Gasteiger partial charge in [0, 0.05) is 18.8 Å². The monoisotopic (exact) mass is 233 g/mol. The van der Waals surface area contributed by atoms with Crippen molar-refractivity contribution in [1.82, 2.24) is 9.88 Å². The van der Waals surface area contributed by atoms with Crippen LogP contribution in [0.15, 0.2) is 18.3 Å². The molecule has 0 bridgehead atoms. The standard InChI is InChI=1S/C12H15N3O2/c1-9(2)15(8-4-6-13)12(17)11-10(16)5-3-7-14-11/h3,5,7,9,16H,4,8H2,1-2H3. The van der Waals surface area contributed by atoms with Crippen molar-refractivity contribution >= 4 is 5.91 Å². The molecule has 0 atom stereocenters. The van der Waals surface area contributed by atoms with Crippen LogP contribution in [-0.4, -0.2) is 33.5 Å². The van der Waals surface area contributed by atoms with Crippen molar-refractivity contribution in [3.8, 4) is 11.8 Å². The summed E-state index contributed by atoms with van der Waals surface area (Å²) >= 11 is 0. The van der Waals surface area contributed by atoms with E-state index < -0.39 is 0 Å². The predicted molar refractivity (Wildman–Crippen MR) is 62.3 cm³/mol. The molecular formula is C12H15N3O2. The van der Waals surface area contributed by atoms with E-state index in [2.05, 4.69) is 4.98 Å². The van der Waals surface area contributed by atoms with E-state index in [0.29, 0.717) is 6.54 Å². The van der Waals surface area contributed by atoms with E-state index in [1.165, 1.54) is 17.2 Å². The minimum Gasteiger partial charge on any atom is -0.505 e. The smallest absolute Gasteiger partial charge is 0.276 e. The van der Waals surface area contributed by atoms with Gasteiger partial charge in [-0.3, -0.25) is 4.79 Å². The number of carbonyl (C=O) groups excluding carboxylic acids is 1. The molecule has 0 fully saturated rings. The van der Waals surface area contributed by atoms with Crippen molar-refractivity contribution in [2.24, 2.45) is 0 Å². The Labute approximate surface area is 100 Å². The molecule has 0 unspecified atom stereocenters. The number of carbonyl (C=O) groups is 1. The Morgan fingerprint density at radius 1 is 1.65 bits per heavy atom. The van der Waals surface area contributed by atoms with Crippen LogP contribution in [0.5, 0.6) is 5.75 Å². The number of aromatic hydroxyl groups is 1. The van der Waals surface area contributed by atoms with Gasteiger partial charge in [-0.25, -0.2) is 4.98 Å². The average Bonchev–Trinajstić information content (AvgIpc) is 2.29. The van der Waals surface area contributed by atoms with E-state index in [1.807, 2.05) is 19.9 Å². The van der Waals surface area contributed by atoms with Gasteiger partial charge in [0.1, 0.15) is 5.75 Å². The number of hydrogen-bond donors (Lipinski definition) is 1. The summed E-state index contributed by atoms with van der Waals surface area (Å²) in [4.78, 5) is 17.5. The van der Waals surface area contributed by atoms with Gasteiger partial charge in [0.15, 0.2) is 5.69 Å². The Morgan fingerprint density at radius 2 is 2.35 bits per heavy atom. The Kier molecular flexibility index (Phi) is 4.46. The van der Waals surface area contributed by atoms with Gasteiger partial charge in [-0.15, -0.1) is 0 Å². The van der Waals surface area contributed by atoms with Gasteiger partial charge in [-0.1, -0.05) is 0 Å². The zero-order valence-electron chi connectivity index (χ0n) is 9.92. The Hall–Kier alpha value is -2.09. The third-order valence-electron chi connectivity index (χ3n) is 2.34. The van der Waals surface area contributed by atoms with Crippen LogP contribution in [0.1, 0.15) is 30.8 Å². The zero-order valence-corrected chi connectivity index (χ0v) is 9.92.